The van der Waals surface area contributed by atoms with E-state index in [1.807, 2.05) is 12.1 Å². The maximum absolute atomic E-state index is 12.6. The molecule has 1 aromatic carbocycles. The standard InChI is InChI=1S/C10H12FNS/c11-9-3-5-10(6-4-9)13-12-7-1-2-8-12/h3-6H,1-2,7-8H2. The van der Waals surface area contributed by atoms with Crippen LogP contribution in [0.5, 0.6) is 0 Å². The first-order valence-corrected chi connectivity index (χ1v) is 5.30. The predicted octanol–water partition coefficient (Wildman–Crippen LogP) is 2.93. The van der Waals surface area contributed by atoms with Crippen molar-refractivity contribution >= 4 is 11.9 Å². The summed E-state index contributed by atoms with van der Waals surface area (Å²) in [6.45, 7) is 2.31. The molecule has 0 N–H and O–H groups in total. The Labute approximate surface area is 82.1 Å². The minimum absolute atomic E-state index is 0.161. The van der Waals surface area contributed by atoms with Gasteiger partial charge >= 0.3 is 0 Å². The molecule has 0 saturated carbocycles. The molecule has 3 heteroatoms. The third-order valence-electron chi connectivity index (χ3n) is 2.11. The Morgan fingerprint density at radius 1 is 1.08 bits per heavy atom. The minimum atomic E-state index is -0.161. The van der Waals surface area contributed by atoms with Crippen molar-refractivity contribution in [3.63, 3.8) is 0 Å². The number of rotatable bonds is 2. The first-order valence-electron chi connectivity index (χ1n) is 4.53. The summed E-state index contributed by atoms with van der Waals surface area (Å²) in [5.74, 6) is -0.161. The van der Waals surface area contributed by atoms with Gasteiger partial charge in [0.25, 0.3) is 0 Å². The van der Waals surface area contributed by atoms with E-state index in [1.165, 1.54) is 25.0 Å². The molecular weight excluding hydrogens is 185 g/mol. The summed E-state index contributed by atoms with van der Waals surface area (Å²) in [4.78, 5) is 1.13. The van der Waals surface area contributed by atoms with E-state index in [0.717, 1.165) is 18.0 Å². The molecular formula is C10H12FNS. The monoisotopic (exact) mass is 197 g/mol. The largest absolute Gasteiger partial charge is 0.246 e. The molecule has 0 atom stereocenters. The molecule has 1 aliphatic heterocycles. The molecule has 2 rings (SSSR count). The van der Waals surface area contributed by atoms with Gasteiger partial charge in [-0.3, -0.25) is 0 Å². The fraction of sp³-hybridized carbons (Fsp3) is 0.400. The van der Waals surface area contributed by atoms with E-state index in [2.05, 4.69) is 4.31 Å². The average molecular weight is 197 g/mol. The molecule has 0 unspecified atom stereocenters. The molecule has 0 radical (unpaired) electrons. The maximum Gasteiger partial charge on any atom is 0.123 e. The molecule has 1 nitrogen and oxygen atoms in total. The lowest BCUT2D eigenvalue weighted by atomic mass is 10.4. The van der Waals surface area contributed by atoms with Crippen molar-refractivity contribution in [3.05, 3.63) is 30.1 Å². The van der Waals surface area contributed by atoms with Gasteiger partial charge in [-0.25, -0.2) is 8.70 Å². The van der Waals surface area contributed by atoms with Gasteiger partial charge in [0, 0.05) is 18.0 Å². The van der Waals surface area contributed by atoms with Crippen molar-refractivity contribution in [2.75, 3.05) is 13.1 Å². The Hall–Kier alpha value is -0.540. The Kier molecular flexibility index (Phi) is 2.86. The topological polar surface area (TPSA) is 3.24 Å². The summed E-state index contributed by atoms with van der Waals surface area (Å²) in [5, 5.41) is 0. The van der Waals surface area contributed by atoms with Crippen LogP contribution in [0.15, 0.2) is 29.2 Å². The maximum atomic E-state index is 12.6. The van der Waals surface area contributed by atoms with E-state index in [0.29, 0.717) is 0 Å². The zero-order valence-corrected chi connectivity index (χ0v) is 8.19. The van der Waals surface area contributed by atoms with Gasteiger partial charge in [-0.1, -0.05) is 0 Å². The highest BCUT2D eigenvalue weighted by molar-refractivity contribution is 7.97. The minimum Gasteiger partial charge on any atom is -0.246 e. The van der Waals surface area contributed by atoms with Crippen molar-refractivity contribution in [2.24, 2.45) is 0 Å². The van der Waals surface area contributed by atoms with Crippen molar-refractivity contribution in [3.8, 4) is 0 Å². The molecule has 0 spiro atoms. The first-order chi connectivity index (χ1) is 6.34. The second-order valence-electron chi connectivity index (χ2n) is 3.18. The van der Waals surface area contributed by atoms with Crippen LogP contribution in [0.3, 0.4) is 0 Å². The van der Waals surface area contributed by atoms with Crippen molar-refractivity contribution in [1.29, 1.82) is 0 Å². The quantitative estimate of drug-likeness (QED) is 0.671. The number of nitrogens with zero attached hydrogens (tertiary/aromatic N) is 1. The summed E-state index contributed by atoms with van der Waals surface area (Å²) >= 11 is 1.73. The van der Waals surface area contributed by atoms with Gasteiger partial charge in [-0.15, -0.1) is 0 Å². The molecule has 1 heterocycles. The molecule has 0 aliphatic carbocycles. The lowest BCUT2D eigenvalue weighted by Crippen LogP contribution is -2.08. The molecule has 1 aliphatic rings. The molecule has 1 fully saturated rings. The average Bonchev–Trinajstić information content (AvgIpc) is 2.62. The van der Waals surface area contributed by atoms with E-state index in [4.69, 9.17) is 0 Å². The van der Waals surface area contributed by atoms with Crippen LogP contribution in [-0.2, 0) is 0 Å². The van der Waals surface area contributed by atoms with Gasteiger partial charge in [-0.05, 0) is 49.1 Å². The summed E-state index contributed by atoms with van der Waals surface area (Å²) in [6, 6.07) is 6.69. The van der Waals surface area contributed by atoms with E-state index in [1.54, 1.807) is 11.9 Å². The molecule has 13 heavy (non-hydrogen) atoms. The van der Waals surface area contributed by atoms with E-state index in [9.17, 15) is 4.39 Å². The van der Waals surface area contributed by atoms with Crippen LogP contribution >= 0.6 is 11.9 Å². The summed E-state index contributed by atoms with van der Waals surface area (Å²) < 4.78 is 14.9. The van der Waals surface area contributed by atoms with Gasteiger partial charge < -0.3 is 0 Å². The summed E-state index contributed by atoms with van der Waals surface area (Å²) in [5.41, 5.74) is 0. The van der Waals surface area contributed by atoms with Crippen LogP contribution in [-0.4, -0.2) is 17.4 Å². The Balaban J connectivity index is 1.97. The summed E-state index contributed by atoms with van der Waals surface area (Å²) in [6.07, 6.45) is 2.57. The Morgan fingerprint density at radius 2 is 1.69 bits per heavy atom. The fourth-order valence-electron chi connectivity index (χ4n) is 1.42. The third kappa shape index (κ3) is 2.45. The highest BCUT2D eigenvalue weighted by atomic mass is 32.2. The highest BCUT2D eigenvalue weighted by Crippen LogP contribution is 2.26. The lowest BCUT2D eigenvalue weighted by Gasteiger charge is -2.12. The normalized spacial score (nSPS) is 17.9. The van der Waals surface area contributed by atoms with Crippen molar-refractivity contribution in [2.45, 2.75) is 17.7 Å². The molecule has 0 amide bonds. The van der Waals surface area contributed by atoms with Crippen LogP contribution < -0.4 is 0 Å². The fourth-order valence-corrected chi connectivity index (χ4v) is 2.42. The zero-order chi connectivity index (χ0) is 9.10. The second kappa shape index (κ2) is 4.11. The molecule has 0 aromatic heterocycles. The lowest BCUT2D eigenvalue weighted by molar-refractivity contribution is 0.586. The van der Waals surface area contributed by atoms with Crippen LogP contribution in [0.25, 0.3) is 0 Å². The first kappa shape index (κ1) is 9.03. The van der Waals surface area contributed by atoms with Crippen LogP contribution in [0.4, 0.5) is 4.39 Å². The van der Waals surface area contributed by atoms with Crippen LogP contribution in [0, 0.1) is 5.82 Å². The zero-order valence-electron chi connectivity index (χ0n) is 7.37. The molecule has 0 bridgehead atoms. The van der Waals surface area contributed by atoms with Crippen LogP contribution in [0.2, 0.25) is 0 Å². The molecule has 70 valence electrons. The molecule has 1 aromatic rings. The second-order valence-corrected chi connectivity index (χ2v) is 4.35. The number of hydrogen-bond donors (Lipinski definition) is 0. The van der Waals surface area contributed by atoms with Crippen molar-refractivity contribution < 1.29 is 4.39 Å². The summed E-state index contributed by atoms with van der Waals surface area (Å²) in [7, 11) is 0. The number of hydrogen-bond acceptors (Lipinski definition) is 2. The van der Waals surface area contributed by atoms with E-state index in [-0.39, 0.29) is 5.82 Å². The van der Waals surface area contributed by atoms with Gasteiger partial charge in [0.1, 0.15) is 5.82 Å². The number of benzene rings is 1. The highest BCUT2D eigenvalue weighted by Gasteiger charge is 2.12. The number of halogens is 1. The Morgan fingerprint density at radius 3 is 2.31 bits per heavy atom. The van der Waals surface area contributed by atoms with Crippen LogP contribution in [0.1, 0.15) is 12.8 Å². The van der Waals surface area contributed by atoms with E-state index >= 15 is 0 Å². The van der Waals surface area contributed by atoms with Crippen molar-refractivity contribution in [1.82, 2.24) is 4.31 Å². The van der Waals surface area contributed by atoms with Gasteiger partial charge in [0.05, 0.1) is 0 Å². The van der Waals surface area contributed by atoms with Gasteiger partial charge in [-0.2, -0.15) is 0 Å². The van der Waals surface area contributed by atoms with Gasteiger partial charge in [0.2, 0.25) is 0 Å². The van der Waals surface area contributed by atoms with Gasteiger partial charge in [0.15, 0.2) is 0 Å². The smallest absolute Gasteiger partial charge is 0.123 e. The molecule has 1 saturated heterocycles. The predicted molar refractivity (Wildman–Crippen MR) is 53.1 cm³/mol. The SMILES string of the molecule is Fc1ccc(SN2CCCC2)cc1. The van der Waals surface area contributed by atoms with E-state index < -0.39 is 0 Å². The third-order valence-corrected chi connectivity index (χ3v) is 3.22. The Bertz CT molecular complexity index is 267.